The van der Waals surface area contributed by atoms with Gasteiger partial charge in [0.1, 0.15) is 11.5 Å². The molecule has 2 saturated heterocycles. The van der Waals surface area contributed by atoms with E-state index in [0.717, 1.165) is 50.5 Å². The molecule has 3 rings (SSSR count). The topological polar surface area (TPSA) is 45.6 Å². The van der Waals surface area contributed by atoms with Gasteiger partial charge in [-0.3, -0.25) is 9.80 Å². The summed E-state index contributed by atoms with van der Waals surface area (Å²) in [6.45, 7) is 6.56. The molecule has 20 heavy (non-hydrogen) atoms. The zero-order valence-corrected chi connectivity index (χ0v) is 12.4. The third kappa shape index (κ3) is 3.84. The first-order valence-corrected chi connectivity index (χ1v) is 8.07. The Bertz CT molecular complexity index is 404. The number of likely N-dealkylation sites (tertiary alicyclic amines) is 2. The summed E-state index contributed by atoms with van der Waals surface area (Å²) in [5, 5.41) is 0. The lowest BCUT2D eigenvalue weighted by atomic mass is 10.1. The molecule has 4 nitrogen and oxygen atoms in total. The molecule has 1 aromatic rings. The quantitative estimate of drug-likeness (QED) is 0.916. The Morgan fingerprint density at radius 2 is 1.45 bits per heavy atom. The second-order valence-corrected chi connectivity index (χ2v) is 6.32. The Kier molecular flexibility index (Phi) is 4.76. The second kappa shape index (κ2) is 6.74. The van der Waals surface area contributed by atoms with E-state index in [1.165, 1.54) is 32.4 Å². The monoisotopic (exact) mass is 277 g/mol. The summed E-state index contributed by atoms with van der Waals surface area (Å²) in [4.78, 5) is 4.96. The first-order chi connectivity index (χ1) is 9.79. The minimum Gasteiger partial charge on any atom is -0.463 e. The van der Waals surface area contributed by atoms with Crippen molar-refractivity contribution >= 4 is 0 Å². The first-order valence-electron chi connectivity index (χ1n) is 8.07. The largest absolute Gasteiger partial charge is 0.463 e. The van der Waals surface area contributed by atoms with Gasteiger partial charge in [-0.2, -0.15) is 0 Å². The van der Waals surface area contributed by atoms with Gasteiger partial charge in [0.25, 0.3) is 0 Å². The van der Waals surface area contributed by atoms with Crippen LogP contribution in [0.5, 0.6) is 0 Å². The predicted molar refractivity (Wildman–Crippen MR) is 80.3 cm³/mol. The molecule has 2 fully saturated rings. The number of furan rings is 1. The SMILES string of the molecule is NC1CCN(Cc2ccc(CN3CCCCC3)o2)CC1. The first kappa shape index (κ1) is 14.1. The van der Waals surface area contributed by atoms with Crippen LogP contribution in [-0.2, 0) is 13.1 Å². The molecule has 0 amide bonds. The van der Waals surface area contributed by atoms with Crippen molar-refractivity contribution < 1.29 is 4.42 Å². The fraction of sp³-hybridized carbons (Fsp3) is 0.750. The van der Waals surface area contributed by atoms with Gasteiger partial charge >= 0.3 is 0 Å². The van der Waals surface area contributed by atoms with Crippen LogP contribution in [0.3, 0.4) is 0 Å². The van der Waals surface area contributed by atoms with E-state index in [1.807, 2.05) is 0 Å². The van der Waals surface area contributed by atoms with Crippen LogP contribution in [0, 0.1) is 0 Å². The van der Waals surface area contributed by atoms with Crippen molar-refractivity contribution in [1.29, 1.82) is 0 Å². The van der Waals surface area contributed by atoms with E-state index in [0.29, 0.717) is 6.04 Å². The standard InChI is InChI=1S/C16H27N3O/c17-14-6-10-19(11-7-14)13-16-5-4-15(20-16)12-18-8-2-1-3-9-18/h4-5,14H,1-3,6-13,17H2. The molecule has 0 radical (unpaired) electrons. The normalized spacial score (nSPS) is 23.2. The minimum atomic E-state index is 0.400. The van der Waals surface area contributed by atoms with Crippen LogP contribution in [0.1, 0.15) is 43.6 Å². The van der Waals surface area contributed by atoms with Crippen molar-refractivity contribution in [3.8, 4) is 0 Å². The molecule has 0 bridgehead atoms. The molecule has 0 aromatic carbocycles. The van der Waals surface area contributed by atoms with E-state index >= 15 is 0 Å². The molecule has 0 saturated carbocycles. The molecule has 112 valence electrons. The Morgan fingerprint density at radius 3 is 2.05 bits per heavy atom. The molecule has 2 N–H and O–H groups in total. The van der Waals surface area contributed by atoms with Gasteiger partial charge in [0.2, 0.25) is 0 Å². The summed E-state index contributed by atoms with van der Waals surface area (Å²) < 4.78 is 6.00. The van der Waals surface area contributed by atoms with Crippen molar-refractivity contribution in [2.24, 2.45) is 5.73 Å². The summed E-state index contributed by atoms with van der Waals surface area (Å²) in [6.07, 6.45) is 6.28. The molecule has 0 spiro atoms. The van der Waals surface area contributed by atoms with Gasteiger partial charge in [-0.05, 0) is 50.9 Å². The predicted octanol–water partition coefficient (Wildman–Crippen LogP) is 2.19. The summed E-state index contributed by atoms with van der Waals surface area (Å²) in [5.41, 5.74) is 5.94. The molecule has 2 aliphatic rings. The molecule has 4 heteroatoms. The minimum absolute atomic E-state index is 0.400. The number of nitrogens with zero attached hydrogens (tertiary/aromatic N) is 2. The van der Waals surface area contributed by atoms with E-state index in [2.05, 4.69) is 21.9 Å². The fourth-order valence-corrected chi connectivity index (χ4v) is 3.26. The molecule has 1 aromatic heterocycles. The van der Waals surface area contributed by atoms with Crippen LogP contribution in [-0.4, -0.2) is 42.0 Å². The van der Waals surface area contributed by atoms with Gasteiger partial charge in [-0.1, -0.05) is 6.42 Å². The van der Waals surface area contributed by atoms with E-state index in [9.17, 15) is 0 Å². The van der Waals surface area contributed by atoms with Gasteiger partial charge in [-0.25, -0.2) is 0 Å². The smallest absolute Gasteiger partial charge is 0.118 e. The highest BCUT2D eigenvalue weighted by Gasteiger charge is 2.18. The molecule has 2 aliphatic heterocycles. The zero-order valence-electron chi connectivity index (χ0n) is 12.4. The van der Waals surface area contributed by atoms with Crippen LogP contribution >= 0.6 is 0 Å². The lowest BCUT2D eigenvalue weighted by Crippen LogP contribution is -2.39. The molecule has 0 aliphatic carbocycles. The Morgan fingerprint density at radius 1 is 0.900 bits per heavy atom. The van der Waals surface area contributed by atoms with Crippen LogP contribution in [0.4, 0.5) is 0 Å². The van der Waals surface area contributed by atoms with Crippen LogP contribution in [0.15, 0.2) is 16.5 Å². The van der Waals surface area contributed by atoms with Crippen molar-refractivity contribution in [1.82, 2.24) is 9.80 Å². The lowest BCUT2D eigenvalue weighted by Gasteiger charge is -2.29. The average molecular weight is 277 g/mol. The van der Waals surface area contributed by atoms with E-state index in [1.54, 1.807) is 0 Å². The summed E-state index contributed by atoms with van der Waals surface area (Å²) >= 11 is 0. The third-order valence-corrected chi connectivity index (χ3v) is 4.56. The summed E-state index contributed by atoms with van der Waals surface area (Å²) in [5.74, 6) is 2.23. The van der Waals surface area contributed by atoms with Crippen LogP contribution in [0.25, 0.3) is 0 Å². The van der Waals surface area contributed by atoms with Gasteiger partial charge in [0.15, 0.2) is 0 Å². The maximum Gasteiger partial charge on any atom is 0.118 e. The van der Waals surface area contributed by atoms with Crippen molar-refractivity contribution in [3.63, 3.8) is 0 Å². The zero-order chi connectivity index (χ0) is 13.8. The maximum absolute atomic E-state index is 6.00. The van der Waals surface area contributed by atoms with Crippen molar-refractivity contribution in [2.75, 3.05) is 26.2 Å². The molecular formula is C16H27N3O. The Labute approximate surface area is 121 Å². The van der Waals surface area contributed by atoms with E-state index in [-0.39, 0.29) is 0 Å². The number of nitrogens with two attached hydrogens (primary N) is 1. The fourth-order valence-electron chi connectivity index (χ4n) is 3.26. The molecule has 0 atom stereocenters. The summed E-state index contributed by atoms with van der Waals surface area (Å²) in [6, 6.07) is 4.70. The Balaban J connectivity index is 1.48. The van der Waals surface area contributed by atoms with E-state index < -0.39 is 0 Å². The number of rotatable bonds is 4. The van der Waals surface area contributed by atoms with Crippen molar-refractivity contribution in [3.05, 3.63) is 23.7 Å². The number of hydrogen-bond acceptors (Lipinski definition) is 4. The summed E-state index contributed by atoms with van der Waals surface area (Å²) in [7, 11) is 0. The molecular weight excluding hydrogens is 250 g/mol. The van der Waals surface area contributed by atoms with Gasteiger partial charge in [-0.15, -0.1) is 0 Å². The Hall–Kier alpha value is -0.840. The lowest BCUT2D eigenvalue weighted by molar-refractivity contribution is 0.181. The average Bonchev–Trinajstić information content (AvgIpc) is 2.90. The van der Waals surface area contributed by atoms with E-state index in [4.69, 9.17) is 10.2 Å². The third-order valence-electron chi connectivity index (χ3n) is 4.56. The highest BCUT2D eigenvalue weighted by atomic mass is 16.3. The van der Waals surface area contributed by atoms with Gasteiger partial charge in [0.05, 0.1) is 13.1 Å². The maximum atomic E-state index is 6.00. The number of piperidine rings is 2. The highest BCUT2D eigenvalue weighted by Crippen LogP contribution is 2.18. The second-order valence-electron chi connectivity index (χ2n) is 6.32. The van der Waals surface area contributed by atoms with Crippen molar-refractivity contribution in [2.45, 2.75) is 51.2 Å². The number of hydrogen-bond donors (Lipinski definition) is 1. The van der Waals surface area contributed by atoms with Gasteiger partial charge < -0.3 is 10.2 Å². The van der Waals surface area contributed by atoms with Crippen LogP contribution in [0.2, 0.25) is 0 Å². The van der Waals surface area contributed by atoms with Gasteiger partial charge in [0, 0.05) is 19.1 Å². The van der Waals surface area contributed by atoms with Crippen LogP contribution < -0.4 is 5.73 Å². The highest BCUT2D eigenvalue weighted by molar-refractivity contribution is 5.07. The molecule has 0 unspecified atom stereocenters. The molecule has 3 heterocycles.